The van der Waals surface area contributed by atoms with E-state index >= 15 is 0 Å². The summed E-state index contributed by atoms with van der Waals surface area (Å²) in [7, 11) is 0. The van der Waals surface area contributed by atoms with Crippen LogP contribution in [0.3, 0.4) is 0 Å². The van der Waals surface area contributed by atoms with Gasteiger partial charge < -0.3 is 25.2 Å². The average molecular weight is 424 g/mol. The van der Waals surface area contributed by atoms with Crippen molar-refractivity contribution in [2.75, 3.05) is 32.8 Å². The number of fused-ring (bicyclic) bond motifs is 3. The summed E-state index contributed by atoms with van der Waals surface area (Å²) in [5.41, 5.74) is 4.51. The molecule has 8 heteroatoms. The Morgan fingerprint density at radius 3 is 2.23 bits per heavy atom. The van der Waals surface area contributed by atoms with Crippen molar-refractivity contribution < 1.29 is 29.3 Å². The number of ether oxygens (including phenoxy) is 1. The van der Waals surface area contributed by atoms with Crippen LogP contribution in [-0.4, -0.2) is 65.9 Å². The molecule has 0 saturated heterocycles. The van der Waals surface area contributed by atoms with Crippen LogP contribution in [0.5, 0.6) is 0 Å². The number of carbonyl (C=O) groups is 3. The minimum absolute atomic E-state index is 0.0432. The topological polar surface area (TPSA) is 116 Å². The van der Waals surface area contributed by atoms with Gasteiger partial charge in [0, 0.05) is 25.1 Å². The number of carboxylic acid groups (broad SMARTS) is 1. The van der Waals surface area contributed by atoms with E-state index in [1.807, 2.05) is 36.4 Å². The molecule has 2 aromatic rings. The number of aliphatic hydroxyl groups excluding tert-OH is 1. The molecule has 2 aromatic carbocycles. The third-order valence-corrected chi connectivity index (χ3v) is 4.98. The molecule has 1 aliphatic carbocycles. The van der Waals surface area contributed by atoms with Gasteiger partial charge in [-0.25, -0.2) is 4.79 Å². The van der Waals surface area contributed by atoms with Gasteiger partial charge in [-0.05, 0) is 22.3 Å². The van der Waals surface area contributed by atoms with Gasteiger partial charge in [0.15, 0.2) is 0 Å². The highest BCUT2D eigenvalue weighted by molar-refractivity contribution is 5.90. The van der Waals surface area contributed by atoms with Gasteiger partial charge in [-0.1, -0.05) is 54.6 Å². The smallest absolute Gasteiger partial charge is 0.407 e. The Morgan fingerprint density at radius 1 is 1.03 bits per heavy atom. The summed E-state index contributed by atoms with van der Waals surface area (Å²) in [5, 5.41) is 20.3. The molecule has 3 N–H and O–H groups in total. The molecule has 0 saturated carbocycles. The number of carbonyl (C=O) groups excluding carboxylic acids is 2. The third-order valence-electron chi connectivity index (χ3n) is 4.98. The van der Waals surface area contributed by atoms with E-state index < -0.39 is 24.5 Å². The maximum absolute atomic E-state index is 12.1. The minimum atomic E-state index is -1.17. The van der Waals surface area contributed by atoms with Crippen molar-refractivity contribution in [1.29, 1.82) is 0 Å². The molecule has 162 valence electrons. The van der Waals surface area contributed by atoms with Crippen LogP contribution in [0.2, 0.25) is 0 Å². The fourth-order valence-corrected chi connectivity index (χ4v) is 3.61. The van der Waals surface area contributed by atoms with E-state index in [0.717, 1.165) is 33.2 Å². The zero-order valence-electron chi connectivity index (χ0n) is 16.9. The Kier molecular flexibility index (Phi) is 7.40. The van der Waals surface area contributed by atoms with Gasteiger partial charge in [-0.2, -0.15) is 0 Å². The van der Waals surface area contributed by atoms with Crippen molar-refractivity contribution >= 4 is 18.0 Å². The summed E-state index contributed by atoms with van der Waals surface area (Å²) < 4.78 is 5.40. The molecule has 2 amide bonds. The van der Waals surface area contributed by atoms with Crippen molar-refractivity contribution in [3.63, 3.8) is 0 Å². The quantitative estimate of drug-likeness (QED) is 0.530. The summed E-state index contributed by atoms with van der Waals surface area (Å²) in [4.78, 5) is 35.8. The van der Waals surface area contributed by atoms with E-state index in [2.05, 4.69) is 17.4 Å². The number of aliphatic hydroxyl groups is 1. The zero-order chi connectivity index (χ0) is 22.2. The minimum Gasteiger partial charge on any atom is -0.480 e. The first-order valence-electron chi connectivity index (χ1n) is 9.88. The predicted octanol–water partition coefficient (Wildman–Crippen LogP) is 1.99. The van der Waals surface area contributed by atoms with Crippen LogP contribution in [0.25, 0.3) is 11.1 Å². The predicted molar refractivity (Wildman–Crippen MR) is 114 cm³/mol. The number of hydrogen-bond donors (Lipinski definition) is 3. The number of alkyl carbamates (subject to hydrolysis) is 1. The van der Waals surface area contributed by atoms with Crippen LogP contribution in [0.4, 0.5) is 4.79 Å². The molecule has 31 heavy (non-hydrogen) atoms. The number of amides is 2. The molecule has 0 heterocycles. The molecule has 0 spiro atoms. The van der Waals surface area contributed by atoms with Crippen molar-refractivity contribution in [1.82, 2.24) is 10.2 Å². The van der Waals surface area contributed by atoms with Crippen LogP contribution < -0.4 is 5.32 Å². The van der Waals surface area contributed by atoms with E-state index in [1.54, 1.807) is 0 Å². The molecule has 0 unspecified atom stereocenters. The number of rotatable bonds is 9. The van der Waals surface area contributed by atoms with Crippen molar-refractivity contribution in [3.8, 4) is 11.1 Å². The average Bonchev–Trinajstić information content (AvgIpc) is 3.08. The molecule has 8 nitrogen and oxygen atoms in total. The summed E-state index contributed by atoms with van der Waals surface area (Å²) in [6.45, 7) is -0.711. The van der Waals surface area contributed by atoms with Gasteiger partial charge in [-0.15, -0.1) is 0 Å². The molecule has 0 atom stereocenters. The maximum Gasteiger partial charge on any atom is 0.407 e. The van der Waals surface area contributed by atoms with Crippen molar-refractivity contribution in [3.05, 3.63) is 71.8 Å². The van der Waals surface area contributed by atoms with Gasteiger partial charge in [0.1, 0.15) is 13.2 Å². The molecule has 0 fully saturated rings. The maximum atomic E-state index is 12.1. The number of benzene rings is 2. The second kappa shape index (κ2) is 10.4. The first-order chi connectivity index (χ1) is 15.0. The number of nitrogens with zero attached hydrogens (tertiary/aromatic N) is 1. The normalized spacial score (nSPS) is 12.3. The molecule has 1 aliphatic rings. The Bertz CT molecular complexity index is 942. The Morgan fingerprint density at radius 2 is 1.65 bits per heavy atom. The van der Waals surface area contributed by atoms with E-state index in [4.69, 9.17) is 14.9 Å². The van der Waals surface area contributed by atoms with Gasteiger partial charge in [0.05, 0.1) is 6.61 Å². The molecule has 0 aromatic heterocycles. The lowest BCUT2D eigenvalue weighted by molar-refractivity contribution is -0.143. The fraction of sp³-hybridized carbons (Fsp3) is 0.261. The van der Waals surface area contributed by atoms with Gasteiger partial charge in [-0.3, -0.25) is 9.59 Å². The van der Waals surface area contributed by atoms with Crippen LogP contribution in [0.15, 0.2) is 60.7 Å². The highest BCUT2D eigenvalue weighted by atomic mass is 16.5. The third kappa shape index (κ3) is 5.49. The van der Waals surface area contributed by atoms with Crippen LogP contribution in [0, 0.1) is 0 Å². The summed E-state index contributed by atoms with van der Waals surface area (Å²) in [5.74, 6) is -1.78. The van der Waals surface area contributed by atoms with Crippen LogP contribution in [-0.2, 0) is 14.3 Å². The second-order valence-electron chi connectivity index (χ2n) is 6.99. The summed E-state index contributed by atoms with van der Waals surface area (Å²) in [6, 6.07) is 16.1. The van der Waals surface area contributed by atoms with Crippen molar-refractivity contribution in [2.45, 2.75) is 5.92 Å². The Balaban J connectivity index is 1.50. The number of nitrogens with one attached hydrogen (secondary N) is 1. The van der Waals surface area contributed by atoms with Crippen molar-refractivity contribution in [2.24, 2.45) is 0 Å². The van der Waals surface area contributed by atoms with E-state index in [-0.39, 0.29) is 32.2 Å². The van der Waals surface area contributed by atoms with E-state index in [9.17, 15) is 14.4 Å². The van der Waals surface area contributed by atoms with Gasteiger partial charge >= 0.3 is 12.1 Å². The largest absolute Gasteiger partial charge is 0.480 e. The lowest BCUT2D eigenvalue weighted by Crippen LogP contribution is -2.36. The molecule has 0 radical (unpaired) electrons. The Labute approximate surface area is 179 Å². The molecular weight excluding hydrogens is 400 g/mol. The van der Waals surface area contributed by atoms with Crippen LogP contribution in [0.1, 0.15) is 17.0 Å². The summed E-state index contributed by atoms with van der Waals surface area (Å²) in [6.07, 6.45) is 1.94. The lowest BCUT2D eigenvalue weighted by atomic mass is 9.98. The zero-order valence-corrected chi connectivity index (χ0v) is 16.9. The van der Waals surface area contributed by atoms with E-state index in [0.29, 0.717) is 0 Å². The highest BCUT2D eigenvalue weighted by Crippen LogP contribution is 2.44. The SMILES string of the molecule is O=C(O)CN(CCO)C(=O)/C=C/CNC(=O)OCC1c2ccccc2-c2ccccc21. The van der Waals surface area contributed by atoms with Gasteiger partial charge in [0.25, 0.3) is 0 Å². The monoisotopic (exact) mass is 424 g/mol. The lowest BCUT2D eigenvalue weighted by Gasteiger charge is -2.17. The standard InChI is InChI=1S/C23H24N2O6/c26-13-12-25(14-22(28)29)21(27)10-5-11-24-23(30)31-15-20-18-8-3-1-6-16(18)17-7-2-4-9-19(17)20/h1-10,20,26H,11-15H2,(H,24,30)(H,28,29)/b10-5+. The first-order valence-corrected chi connectivity index (χ1v) is 9.88. The Hall–Kier alpha value is -3.65. The van der Waals surface area contributed by atoms with Crippen LogP contribution >= 0.6 is 0 Å². The summed E-state index contributed by atoms with van der Waals surface area (Å²) >= 11 is 0. The first kappa shape index (κ1) is 22.0. The molecule has 3 rings (SSSR count). The fourth-order valence-electron chi connectivity index (χ4n) is 3.61. The molecular formula is C23H24N2O6. The number of aliphatic carboxylic acids is 1. The highest BCUT2D eigenvalue weighted by Gasteiger charge is 2.28. The van der Waals surface area contributed by atoms with Gasteiger partial charge in [0.2, 0.25) is 5.91 Å². The number of carboxylic acids is 1. The number of hydrogen-bond acceptors (Lipinski definition) is 5. The molecule has 0 bridgehead atoms. The molecule has 0 aliphatic heterocycles. The van der Waals surface area contributed by atoms with E-state index in [1.165, 1.54) is 6.08 Å². The second-order valence-corrected chi connectivity index (χ2v) is 6.99.